The minimum absolute atomic E-state index is 0.553. The summed E-state index contributed by atoms with van der Waals surface area (Å²) in [5, 5.41) is 0.553. The molecule has 0 fully saturated rings. The molecule has 9 heavy (non-hydrogen) atoms. The molecule has 0 saturated heterocycles. The molecule has 0 bridgehead atoms. The van der Waals surface area contributed by atoms with Crippen molar-refractivity contribution in [2.75, 3.05) is 0 Å². The zero-order chi connectivity index (χ0) is 6.69. The largest absolute Gasteiger partial charge is 0.297 e. The molecule has 0 radical (unpaired) electrons. The van der Waals surface area contributed by atoms with E-state index in [1.165, 1.54) is 17.5 Å². The number of thiazole rings is 1. The van der Waals surface area contributed by atoms with Crippen molar-refractivity contribution in [3.05, 3.63) is 16.1 Å². The van der Waals surface area contributed by atoms with Gasteiger partial charge in [-0.1, -0.05) is 0 Å². The van der Waals surface area contributed by atoms with Crippen LogP contribution in [0.15, 0.2) is 6.20 Å². The Balaban J connectivity index is 3.03. The van der Waals surface area contributed by atoms with Gasteiger partial charge >= 0.3 is 0 Å². The van der Waals surface area contributed by atoms with Crippen LogP contribution in [-0.4, -0.2) is 11.3 Å². The van der Waals surface area contributed by atoms with Crippen molar-refractivity contribution in [3.8, 4) is 12.3 Å². The molecule has 1 heterocycles. The number of aldehydes is 1. The van der Waals surface area contributed by atoms with Crippen LogP contribution in [-0.2, 0) is 0 Å². The van der Waals surface area contributed by atoms with Gasteiger partial charge in [0.1, 0.15) is 0 Å². The normalized spacial score (nSPS) is 8.33. The maximum absolute atomic E-state index is 10.0. The second-order valence-corrected chi connectivity index (χ2v) is 2.39. The van der Waals surface area contributed by atoms with Gasteiger partial charge in [-0.2, -0.15) is 0 Å². The minimum atomic E-state index is 0.553. The fraction of sp³-hybridized carbons (Fsp3) is 0. The maximum atomic E-state index is 10.0. The number of carbonyl (C=O) groups is 1. The number of hydrogen-bond acceptors (Lipinski definition) is 3. The molecule has 0 aliphatic carbocycles. The molecule has 3 heteroatoms. The summed E-state index contributed by atoms with van der Waals surface area (Å²) >= 11 is 1.22. The van der Waals surface area contributed by atoms with Crippen LogP contribution in [0.3, 0.4) is 0 Å². The van der Waals surface area contributed by atoms with Crippen molar-refractivity contribution < 1.29 is 4.79 Å². The molecular formula is C6H3NOS. The van der Waals surface area contributed by atoms with Gasteiger partial charge in [0.2, 0.25) is 0 Å². The van der Waals surface area contributed by atoms with E-state index < -0.39 is 0 Å². The summed E-state index contributed by atoms with van der Waals surface area (Å²) in [7, 11) is 0. The highest BCUT2D eigenvalue weighted by atomic mass is 32.1. The monoisotopic (exact) mass is 137 g/mol. The molecule has 0 aliphatic heterocycles. The standard InChI is InChI=1S/C6H3NOS/c1-2-6-7-3-5(4-8)9-6/h1,3-4H. The second-order valence-electron chi connectivity index (χ2n) is 1.33. The van der Waals surface area contributed by atoms with Crippen molar-refractivity contribution in [1.82, 2.24) is 4.98 Å². The number of terminal acetylenes is 1. The van der Waals surface area contributed by atoms with Crippen molar-refractivity contribution in [3.63, 3.8) is 0 Å². The van der Waals surface area contributed by atoms with E-state index in [4.69, 9.17) is 6.42 Å². The van der Waals surface area contributed by atoms with E-state index in [-0.39, 0.29) is 0 Å². The average Bonchev–Trinajstić information content (AvgIpc) is 2.34. The van der Waals surface area contributed by atoms with Crippen LogP contribution < -0.4 is 0 Å². The molecule has 0 N–H and O–H groups in total. The lowest BCUT2D eigenvalue weighted by Crippen LogP contribution is -1.63. The molecule has 44 valence electrons. The number of nitrogens with zero attached hydrogens (tertiary/aromatic N) is 1. The third-order valence-corrected chi connectivity index (χ3v) is 1.62. The Morgan fingerprint density at radius 1 is 1.89 bits per heavy atom. The van der Waals surface area contributed by atoms with Crippen LogP contribution in [0, 0.1) is 12.3 Å². The summed E-state index contributed by atoms with van der Waals surface area (Å²) in [5.74, 6) is 2.33. The quantitative estimate of drug-likeness (QED) is 0.426. The minimum Gasteiger partial charge on any atom is -0.297 e. The van der Waals surface area contributed by atoms with Gasteiger partial charge in [-0.3, -0.25) is 4.79 Å². The Morgan fingerprint density at radius 3 is 3.00 bits per heavy atom. The SMILES string of the molecule is C#Cc1ncc(C=O)s1. The summed E-state index contributed by atoms with van der Waals surface area (Å²) in [4.78, 5) is 14.4. The molecule has 0 unspecified atom stereocenters. The number of rotatable bonds is 1. The third kappa shape index (κ3) is 1.15. The predicted molar refractivity (Wildman–Crippen MR) is 35.4 cm³/mol. The average molecular weight is 137 g/mol. The highest BCUT2D eigenvalue weighted by Gasteiger charge is 1.94. The fourth-order valence-corrected chi connectivity index (χ4v) is 0.949. The lowest BCUT2D eigenvalue weighted by atomic mass is 10.6. The van der Waals surface area contributed by atoms with Crippen molar-refractivity contribution in [2.24, 2.45) is 0 Å². The van der Waals surface area contributed by atoms with Crippen LogP contribution in [0.1, 0.15) is 14.7 Å². The molecule has 2 nitrogen and oxygen atoms in total. The highest BCUT2D eigenvalue weighted by molar-refractivity contribution is 7.13. The van der Waals surface area contributed by atoms with Crippen molar-refractivity contribution in [2.45, 2.75) is 0 Å². The lowest BCUT2D eigenvalue weighted by molar-refractivity contribution is 0.112. The van der Waals surface area contributed by atoms with Gasteiger partial charge < -0.3 is 0 Å². The summed E-state index contributed by atoms with van der Waals surface area (Å²) < 4.78 is 0. The van der Waals surface area contributed by atoms with E-state index in [9.17, 15) is 4.79 Å². The van der Waals surface area contributed by atoms with Crippen LogP contribution in [0.2, 0.25) is 0 Å². The van der Waals surface area contributed by atoms with Crippen molar-refractivity contribution in [1.29, 1.82) is 0 Å². The topological polar surface area (TPSA) is 30.0 Å². The highest BCUT2D eigenvalue weighted by Crippen LogP contribution is 2.07. The molecular weight excluding hydrogens is 134 g/mol. The Bertz CT molecular complexity index is 258. The molecule has 0 atom stereocenters. The zero-order valence-corrected chi connectivity index (χ0v) is 5.31. The predicted octanol–water partition coefficient (Wildman–Crippen LogP) is 0.937. The van der Waals surface area contributed by atoms with Crippen LogP contribution in [0.4, 0.5) is 0 Å². The van der Waals surface area contributed by atoms with Crippen LogP contribution in [0.25, 0.3) is 0 Å². The number of aromatic nitrogens is 1. The Labute approximate surface area is 56.5 Å². The van der Waals surface area contributed by atoms with Gasteiger partial charge in [-0.25, -0.2) is 4.98 Å². The Morgan fingerprint density at radius 2 is 2.67 bits per heavy atom. The molecule has 0 aromatic carbocycles. The lowest BCUT2D eigenvalue weighted by Gasteiger charge is -1.68. The first-order chi connectivity index (χ1) is 4.36. The van der Waals surface area contributed by atoms with E-state index in [1.807, 2.05) is 0 Å². The van der Waals surface area contributed by atoms with E-state index >= 15 is 0 Å². The summed E-state index contributed by atoms with van der Waals surface area (Å²) in [5.41, 5.74) is 0. The second kappa shape index (κ2) is 2.42. The van der Waals surface area contributed by atoms with E-state index in [0.29, 0.717) is 9.88 Å². The first kappa shape index (κ1) is 5.99. The fourth-order valence-electron chi connectivity index (χ4n) is 0.408. The van der Waals surface area contributed by atoms with Crippen LogP contribution in [0.5, 0.6) is 0 Å². The van der Waals surface area contributed by atoms with Crippen molar-refractivity contribution >= 4 is 17.6 Å². The number of hydrogen-bond donors (Lipinski definition) is 0. The van der Waals surface area contributed by atoms with Crippen LogP contribution >= 0.6 is 11.3 Å². The Kier molecular flexibility index (Phi) is 1.61. The van der Waals surface area contributed by atoms with Gasteiger partial charge in [0.05, 0.1) is 4.88 Å². The van der Waals surface area contributed by atoms with E-state index in [0.717, 1.165) is 6.29 Å². The third-order valence-electron chi connectivity index (χ3n) is 0.763. The smallest absolute Gasteiger partial charge is 0.167 e. The molecule has 1 rings (SSSR count). The van der Waals surface area contributed by atoms with Gasteiger partial charge in [0, 0.05) is 6.20 Å². The van der Waals surface area contributed by atoms with Gasteiger partial charge in [-0.05, 0) is 5.92 Å². The first-order valence-electron chi connectivity index (χ1n) is 2.24. The number of carbonyl (C=O) groups excluding carboxylic acids is 1. The summed E-state index contributed by atoms with van der Waals surface area (Å²) in [6, 6.07) is 0. The summed E-state index contributed by atoms with van der Waals surface area (Å²) in [6.07, 6.45) is 7.20. The van der Waals surface area contributed by atoms with E-state index in [1.54, 1.807) is 0 Å². The van der Waals surface area contributed by atoms with Gasteiger partial charge in [-0.15, -0.1) is 17.8 Å². The maximum Gasteiger partial charge on any atom is 0.167 e. The molecule has 1 aromatic rings. The molecule has 0 amide bonds. The zero-order valence-electron chi connectivity index (χ0n) is 4.50. The van der Waals surface area contributed by atoms with E-state index in [2.05, 4.69) is 10.9 Å². The molecule has 1 aromatic heterocycles. The molecule has 0 saturated carbocycles. The molecule has 0 spiro atoms. The Hall–Kier alpha value is -1.14. The van der Waals surface area contributed by atoms with Gasteiger partial charge in [0.15, 0.2) is 11.3 Å². The first-order valence-corrected chi connectivity index (χ1v) is 3.06. The summed E-state index contributed by atoms with van der Waals surface area (Å²) in [6.45, 7) is 0. The van der Waals surface area contributed by atoms with Gasteiger partial charge in [0.25, 0.3) is 0 Å². The molecule has 0 aliphatic rings.